The molecule has 27 heavy (non-hydrogen) atoms. The van der Waals surface area contributed by atoms with Crippen LogP contribution in [0.1, 0.15) is 12.5 Å². The zero-order valence-electron chi connectivity index (χ0n) is 14.5. The third-order valence-corrected chi connectivity index (χ3v) is 3.52. The van der Waals surface area contributed by atoms with Gasteiger partial charge in [-0.1, -0.05) is 22.8 Å². The molecule has 0 fully saturated rings. The van der Waals surface area contributed by atoms with Crippen molar-refractivity contribution >= 4 is 29.4 Å². The summed E-state index contributed by atoms with van der Waals surface area (Å²) in [6.45, 7) is -1.43. The highest BCUT2D eigenvalue weighted by Gasteiger charge is 2.14. The molecule has 0 saturated carbocycles. The number of benzene rings is 2. The molecule has 1 atom stereocenters. The van der Waals surface area contributed by atoms with Gasteiger partial charge in [0.1, 0.15) is 0 Å². The Morgan fingerprint density at radius 2 is 2.00 bits per heavy atom. The first-order valence-electron chi connectivity index (χ1n) is 7.77. The Bertz CT molecular complexity index is 818. The number of nitrogens with one attached hydrogen (secondary N) is 1. The van der Waals surface area contributed by atoms with Crippen molar-refractivity contribution in [3.8, 4) is 11.5 Å². The Morgan fingerprint density at radius 3 is 2.67 bits per heavy atom. The van der Waals surface area contributed by atoms with E-state index in [0.29, 0.717) is 16.3 Å². The lowest BCUT2D eigenvalue weighted by molar-refractivity contribution is -0.126. The largest absolute Gasteiger partial charge is 0.493 e. The lowest BCUT2D eigenvalue weighted by Crippen LogP contribution is -2.26. The number of nitrogens with zero attached hydrogens (tertiary/aromatic N) is 1. The van der Waals surface area contributed by atoms with Gasteiger partial charge in [-0.15, -0.1) is 0 Å². The van der Waals surface area contributed by atoms with Crippen LogP contribution >= 0.6 is 11.6 Å². The van der Waals surface area contributed by atoms with Crippen molar-refractivity contribution in [3.63, 3.8) is 0 Å². The summed E-state index contributed by atoms with van der Waals surface area (Å²) in [5.74, 6) is -0.390. The molecule has 0 aliphatic rings. The Morgan fingerprint density at radius 1 is 1.22 bits per heavy atom. The van der Waals surface area contributed by atoms with Crippen LogP contribution < -0.4 is 14.8 Å². The van der Waals surface area contributed by atoms with E-state index < -0.39 is 18.6 Å². The molecule has 1 amide bonds. The number of methoxy groups -OCH3 is 1. The maximum atomic E-state index is 12.3. The predicted molar refractivity (Wildman–Crippen MR) is 97.8 cm³/mol. The lowest BCUT2D eigenvalue weighted by Gasteiger charge is -2.11. The Kier molecular flexibility index (Phi) is 7.36. The second kappa shape index (κ2) is 9.72. The highest BCUT2D eigenvalue weighted by molar-refractivity contribution is 6.30. The third kappa shape index (κ3) is 6.41. The number of oxime groups is 1. The summed E-state index contributed by atoms with van der Waals surface area (Å²) in [6.07, 6.45) is 0.446. The monoisotopic (exact) mass is 398 g/mol. The predicted octanol–water partition coefficient (Wildman–Crippen LogP) is 4.33. The van der Waals surface area contributed by atoms with E-state index in [-0.39, 0.29) is 11.5 Å². The maximum absolute atomic E-state index is 12.3. The van der Waals surface area contributed by atoms with Crippen molar-refractivity contribution in [2.75, 3.05) is 12.4 Å². The van der Waals surface area contributed by atoms with Crippen molar-refractivity contribution in [2.45, 2.75) is 19.6 Å². The highest BCUT2D eigenvalue weighted by atomic mass is 35.5. The van der Waals surface area contributed by atoms with Gasteiger partial charge in [0.15, 0.2) is 11.5 Å². The van der Waals surface area contributed by atoms with Gasteiger partial charge in [0.2, 0.25) is 6.10 Å². The molecule has 2 aromatic carbocycles. The molecule has 0 unspecified atom stereocenters. The van der Waals surface area contributed by atoms with E-state index in [9.17, 15) is 13.6 Å². The van der Waals surface area contributed by atoms with E-state index in [1.165, 1.54) is 38.4 Å². The Hall–Kier alpha value is -2.87. The zero-order chi connectivity index (χ0) is 19.8. The van der Waals surface area contributed by atoms with Crippen molar-refractivity contribution in [1.29, 1.82) is 0 Å². The summed E-state index contributed by atoms with van der Waals surface area (Å²) in [5.41, 5.74) is 1.04. The average molecular weight is 399 g/mol. The Balaban J connectivity index is 1.94. The van der Waals surface area contributed by atoms with E-state index in [0.717, 1.165) is 0 Å². The fourth-order valence-electron chi connectivity index (χ4n) is 2.00. The SMILES string of the molecule is COc1cc(/C=N\O[C@H](C)C(=O)Nc2cccc(Cl)c2)ccc1OC(F)F. The van der Waals surface area contributed by atoms with Gasteiger partial charge in [0.05, 0.1) is 13.3 Å². The van der Waals surface area contributed by atoms with Gasteiger partial charge in [-0.05, 0) is 43.3 Å². The second-order valence-electron chi connectivity index (χ2n) is 5.27. The molecule has 0 spiro atoms. The molecule has 144 valence electrons. The number of halogens is 3. The van der Waals surface area contributed by atoms with Gasteiger partial charge in [-0.3, -0.25) is 4.79 Å². The molecule has 2 rings (SSSR count). The van der Waals surface area contributed by atoms with Crippen LogP contribution in [-0.2, 0) is 9.63 Å². The van der Waals surface area contributed by atoms with Crippen molar-refractivity contribution in [2.24, 2.45) is 5.16 Å². The highest BCUT2D eigenvalue weighted by Crippen LogP contribution is 2.29. The number of alkyl halides is 2. The van der Waals surface area contributed by atoms with E-state index in [4.69, 9.17) is 21.2 Å². The third-order valence-electron chi connectivity index (χ3n) is 3.29. The van der Waals surface area contributed by atoms with Gasteiger partial charge < -0.3 is 19.6 Å². The summed E-state index contributed by atoms with van der Waals surface area (Å²) in [4.78, 5) is 17.2. The van der Waals surface area contributed by atoms with Gasteiger partial charge in [0, 0.05) is 16.3 Å². The number of carbonyl (C=O) groups is 1. The number of hydrogen-bond donors (Lipinski definition) is 1. The van der Waals surface area contributed by atoms with E-state index in [2.05, 4.69) is 15.2 Å². The molecule has 0 aliphatic heterocycles. The second-order valence-corrected chi connectivity index (χ2v) is 5.71. The van der Waals surface area contributed by atoms with Gasteiger partial charge in [-0.25, -0.2) is 0 Å². The lowest BCUT2D eigenvalue weighted by atomic mass is 10.2. The van der Waals surface area contributed by atoms with Gasteiger partial charge in [-0.2, -0.15) is 8.78 Å². The zero-order valence-corrected chi connectivity index (χ0v) is 15.2. The summed E-state index contributed by atoms with van der Waals surface area (Å²) < 4.78 is 34.0. The molecule has 2 aromatic rings. The van der Waals surface area contributed by atoms with E-state index >= 15 is 0 Å². The molecule has 6 nitrogen and oxygen atoms in total. The standard InChI is InChI=1S/C18H17ClF2N2O4/c1-11(17(24)23-14-5-3-4-13(19)9-14)27-22-10-12-6-7-15(26-18(20)21)16(8-12)25-2/h3-11,18H,1-2H3,(H,23,24)/b22-10-/t11-/m1/s1. The quantitative estimate of drug-likeness (QED) is 0.531. The topological polar surface area (TPSA) is 69.2 Å². The smallest absolute Gasteiger partial charge is 0.387 e. The van der Waals surface area contributed by atoms with E-state index in [1.807, 2.05) is 0 Å². The molecule has 0 bridgehead atoms. The number of anilines is 1. The minimum atomic E-state index is -2.96. The first-order chi connectivity index (χ1) is 12.9. The fourth-order valence-corrected chi connectivity index (χ4v) is 2.19. The summed E-state index contributed by atoms with van der Waals surface area (Å²) >= 11 is 5.86. The van der Waals surface area contributed by atoms with Crippen LogP contribution in [0.25, 0.3) is 0 Å². The first kappa shape index (κ1) is 20.4. The maximum Gasteiger partial charge on any atom is 0.387 e. The molecule has 0 aromatic heterocycles. The van der Waals surface area contributed by atoms with E-state index in [1.54, 1.807) is 24.3 Å². The summed E-state index contributed by atoms with van der Waals surface area (Å²) in [7, 11) is 1.33. The summed E-state index contributed by atoms with van der Waals surface area (Å²) in [6, 6.07) is 10.9. The van der Waals surface area contributed by atoms with Crippen molar-refractivity contribution in [1.82, 2.24) is 0 Å². The molecule has 9 heteroatoms. The number of ether oxygens (including phenoxy) is 2. The van der Waals surface area contributed by atoms with Crippen LogP contribution in [0.15, 0.2) is 47.6 Å². The van der Waals surface area contributed by atoms with Crippen LogP contribution in [0.2, 0.25) is 5.02 Å². The molecule has 0 aliphatic carbocycles. The average Bonchev–Trinajstić information content (AvgIpc) is 2.62. The van der Waals surface area contributed by atoms with Gasteiger partial charge >= 0.3 is 6.61 Å². The Labute approximate surface area is 159 Å². The minimum Gasteiger partial charge on any atom is -0.493 e. The summed E-state index contributed by atoms with van der Waals surface area (Å²) in [5, 5.41) is 6.87. The van der Waals surface area contributed by atoms with Crippen LogP contribution in [0.4, 0.5) is 14.5 Å². The minimum absolute atomic E-state index is 0.0974. The molecule has 1 N–H and O–H groups in total. The number of amides is 1. The first-order valence-corrected chi connectivity index (χ1v) is 8.15. The van der Waals surface area contributed by atoms with Crippen LogP contribution in [0.5, 0.6) is 11.5 Å². The van der Waals surface area contributed by atoms with Crippen LogP contribution in [0.3, 0.4) is 0 Å². The normalized spacial score (nSPS) is 12.1. The van der Waals surface area contributed by atoms with Crippen molar-refractivity contribution < 1.29 is 27.9 Å². The fraction of sp³-hybridized carbons (Fsp3) is 0.222. The van der Waals surface area contributed by atoms with Crippen LogP contribution in [0, 0.1) is 0 Å². The van der Waals surface area contributed by atoms with Gasteiger partial charge in [0.25, 0.3) is 5.91 Å². The molecule has 0 saturated heterocycles. The molecular formula is C18H17ClF2N2O4. The van der Waals surface area contributed by atoms with Crippen LogP contribution in [-0.4, -0.2) is 31.9 Å². The molecule has 0 heterocycles. The number of rotatable bonds is 8. The number of carbonyl (C=O) groups excluding carboxylic acids is 1. The molecule has 0 radical (unpaired) electrons. The number of hydrogen-bond acceptors (Lipinski definition) is 5. The molecular weight excluding hydrogens is 382 g/mol. The van der Waals surface area contributed by atoms with Crippen molar-refractivity contribution in [3.05, 3.63) is 53.1 Å².